The van der Waals surface area contributed by atoms with Gasteiger partial charge < -0.3 is 33.6 Å². The summed E-state index contributed by atoms with van der Waals surface area (Å²) in [5.41, 5.74) is 1.87. The monoisotopic (exact) mass is 497 g/mol. The fourth-order valence-corrected chi connectivity index (χ4v) is 5.25. The van der Waals surface area contributed by atoms with Gasteiger partial charge in [0.2, 0.25) is 5.91 Å². The SMILES string of the molecule is CCN1CCN(C(=O)[C@@H]2c3cc(OC)c(OC)cc3C(=O)N(C)[C@H]2c2ccc(OC)c(OC)c2)CC1. The van der Waals surface area contributed by atoms with Crippen molar-refractivity contribution in [3.05, 3.63) is 47.0 Å². The molecule has 2 aromatic rings. The van der Waals surface area contributed by atoms with Gasteiger partial charge in [0.05, 0.1) is 40.4 Å². The fraction of sp³-hybridized carbons (Fsp3) is 0.481. The Morgan fingerprint density at radius 2 is 1.44 bits per heavy atom. The van der Waals surface area contributed by atoms with Crippen LogP contribution < -0.4 is 18.9 Å². The number of hydrogen-bond acceptors (Lipinski definition) is 7. The number of likely N-dealkylation sites (N-methyl/N-ethyl adjacent to an activating group) is 2. The van der Waals surface area contributed by atoms with E-state index in [1.807, 2.05) is 17.0 Å². The highest BCUT2D eigenvalue weighted by molar-refractivity contribution is 6.02. The number of ether oxygens (including phenoxy) is 4. The number of carbonyl (C=O) groups is 2. The minimum atomic E-state index is -0.631. The highest BCUT2D eigenvalue weighted by Gasteiger charge is 2.45. The molecule has 0 bridgehead atoms. The Morgan fingerprint density at radius 1 is 0.861 bits per heavy atom. The Bertz CT molecular complexity index is 1130. The maximum Gasteiger partial charge on any atom is 0.254 e. The van der Waals surface area contributed by atoms with Gasteiger partial charge in [0.25, 0.3) is 5.91 Å². The molecule has 2 aliphatic heterocycles. The molecule has 9 heteroatoms. The molecule has 2 atom stereocenters. The number of carbonyl (C=O) groups excluding carboxylic acids is 2. The van der Waals surface area contributed by atoms with Gasteiger partial charge in [-0.3, -0.25) is 9.59 Å². The van der Waals surface area contributed by atoms with E-state index in [4.69, 9.17) is 18.9 Å². The van der Waals surface area contributed by atoms with Crippen molar-refractivity contribution >= 4 is 11.8 Å². The van der Waals surface area contributed by atoms with Crippen LogP contribution >= 0.6 is 0 Å². The Balaban J connectivity index is 1.86. The third-order valence-corrected chi connectivity index (χ3v) is 7.32. The zero-order chi connectivity index (χ0) is 26.0. The van der Waals surface area contributed by atoms with E-state index in [-0.39, 0.29) is 11.8 Å². The van der Waals surface area contributed by atoms with Crippen LogP contribution in [-0.4, -0.2) is 94.7 Å². The lowest BCUT2D eigenvalue weighted by atomic mass is 9.78. The molecule has 2 amide bonds. The maximum absolute atomic E-state index is 14.2. The first kappa shape index (κ1) is 25.6. The van der Waals surface area contributed by atoms with Gasteiger partial charge in [-0.1, -0.05) is 13.0 Å². The maximum atomic E-state index is 14.2. The summed E-state index contributed by atoms with van der Waals surface area (Å²) in [7, 11) is 7.96. The first-order valence-corrected chi connectivity index (χ1v) is 12.1. The van der Waals surface area contributed by atoms with Crippen LogP contribution in [-0.2, 0) is 4.79 Å². The van der Waals surface area contributed by atoms with Gasteiger partial charge in [0.15, 0.2) is 23.0 Å². The molecule has 2 heterocycles. The van der Waals surface area contributed by atoms with Crippen molar-refractivity contribution in [2.24, 2.45) is 0 Å². The van der Waals surface area contributed by atoms with Crippen molar-refractivity contribution in [2.75, 3.05) is 68.2 Å². The van der Waals surface area contributed by atoms with Crippen LogP contribution in [0.1, 0.15) is 40.4 Å². The second kappa shape index (κ2) is 10.7. The quantitative estimate of drug-likeness (QED) is 0.582. The molecule has 0 spiro atoms. The van der Waals surface area contributed by atoms with Crippen LogP contribution in [0, 0.1) is 0 Å². The third kappa shape index (κ3) is 4.43. The number of hydrogen-bond donors (Lipinski definition) is 0. The van der Waals surface area contributed by atoms with Gasteiger partial charge >= 0.3 is 0 Å². The molecular weight excluding hydrogens is 462 g/mol. The molecule has 9 nitrogen and oxygen atoms in total. The van der Waals surface area contributed by atoms with Gasteiger partial charge in [0, 0.05) is 38.8 Å². The number of amides is 2. The largest absolute Gasteiger partial charge is 0.493 e. The highest BCUT2D eigenvalue weighted by atomic mass is 16.5. The first-order valence-electron chi connectivity index (χ1n) is 12.1. The van der Waals surface area contributed by atoms with Crippen molar-refractivity contribution < 1.29 is 28.5 Å². The molecule has 2 aromatic carbocycles. The predicted molar refractivity (Wildman–Crippen MR) is 135 cm³/mol. The summed E-state index contributed by atoms with van der Waals surface area (Å²) >= 11 is 0. The minimum absolute atomic E-state index is 0.0154. The average Bonchev–Trinajstić information content (AvgIpc) is 2.93. The average molecular weight is 498 g/mol. The molecule has 0 aliphatic carbocycles. The molecule has 2 aliphatic rings. The summed E-state index contributed by atoms with van der Waals surface area (Å²) in [4.78, 5) is 33.7. The summed E-state index contributed by atoms with van der Waals surface area (Å²) in [5.74, 6) is 1.21. The van der Waals surface area contributed by atoms with Crippen LogP contribution in [0.3, 0.4) is 0 Å². The van der Waals surface area contributed by atoms with Gasteiger partial charge in [-0.2, -0.15) is 0 Å². The van der Waals surface area contributed by atoms with Crippen LogP contribution in [0.25, 0.3) is 0 Å². The smallest absolute Gasteiger partial charge is 0.254 e. The molecule has 0 saturated carbocycles. The third-order valence-electron chi connectivity index (χ3n) is 7.32. The molecule has 0 radical (unpaired) electrons. The number of nitrogens with zero attached hydrogens (tertiary/aromatic N) is 3. The molecule has 36 heavy (non-hydrogen) atoms. The minimum Gasteiger partial charge on any atom is -0.493 e. The summed E-state index contributed by atoms with van der Waals surface area (Å²) in [6, 6.07) is 8.44. The van der Waals surface area contributed by atoms with E-state index in [9.17, 15) is 9.59 Å². The number of piperazine rings is 1. The van der Waals surface area contributed by atoms with Crippen LogP contribution in [0.2, 0.25) is 0 Å². The standard InChI is InChI=1S/C27H35N3O6/c1-7-29-10-12-30(13-11-29)27(32)24-18-15-22(35-5)23(36-6)16-19(18)26(31)28(2)25(24)17-8-9-20(33-3)21(14-17)34-4/h8-9,14-16,24-25H,7,10-13H2,1-6H3/t24-,25+/m1/s1. The van der Waals surface area contributed by atoms with Crippen molar-refractivity contribution in [1.29, 1.82) is 0 Å². The van der Waals surface area contributed by atoms with E-state index in [0.717, 1.165) is 25.2 Å². The molecule has 0 N–H and O–H groups in total. The van der Waals surface area contributed by atoms with E-state index in [1.54, 1.807) is 51.5 Å². The molecule has 0 aromatic heterocycles. The van der Waals surface area contributed by atoms with Crippen LogP contribution in [0.5, 0.6) is 23.0 Å². The van der Waals surface area contributed by atoms with Crippen molar-refractivity contribution in [2.45, 2.75) is 18.9 Å². The van der Waals surface area contributed by atoms with E-state index < -0.39 is 12.0 Å². The second-order valence-electron chi connectivity index (χ2n) is 9.01. The molecule has 4 rings (SSSR count). The van der Waals surface area contributed by atoms with Crippen LogP contribution in [0.15, 0.2) is 30.3 Å². The van der Waals surface area contributed by atoms with E-state index in [1.165, 1.54) is 7.11 Å². The predicted octanol–water partition coefficient (Wildman–Crippen LogP) is 2.80. The van der Waals surface area contributed by atoms with Crippen molar-refractivity contribution in [1.82, 2.24) is 14.7 Å². The number of methoxy groups -OCH3 is 4. The molecule has 1 fully saturated rings. The molecule has 0 unspecified atom stereocenters. The van der Waals surface area contributed by atoms with Crippen molar-refractivity contribution in [3.63, 3.8) is 0 Å². The normalized spacial score (nSPS) is 20.1. The summed E-state index contributed by atoms with van der Waals surface area (Å²) in [5, 5.41) is 0. The van der Waals surface area contributed by atoms with Gasteiger partial charge in [-0.25, -0.2) is 0 Å². The van der Waals surface area contributed by atoms with E-state index >= 15 is 0 Å². The Morgan fingerprint density at radius 3 is 2.03 bits per heavy atom. The van der Waals surface area contributed by atoms with E-state index in [0.29, 0.717) is 47.2 Å². The summed E-state index contributed by atoms with van der Waals surface area (Å²) in [6.45, 7) is 6.01. The van der Waals surface area contributed by atoms with Gasteiger partial charge in [0.1, 0.15) is 0 Å². The van der Waals surface area contributed by atoms with E-state index in [2.05, 4.69) is 11.8 Å². The number of benzene rings is 2. The van der Waals surface area contributed by atoms with Gasteiger partial charge in [-0.15, -0.1) is 0 Å². The Kier molecular flexibility index (Phi) is 7.59. The summed E-state index contributed by atoms with van der Waals surface area (Å²) < 4.78 is 22.0. The number of rotatable bonds is 7. The molecular formula is C27H35N3O6. The zero-order valence-electron chi connectivity index (χ0n) is 21.9. The highest BCUT2D eigenvalue weighted by Crippen LogP contribution is 2.47. The molecule has 1 saturated heterocycles. The zero-order valence-corrected chi connectivity index (χ0v) is 21.9. The molecule has 194 valence electrons. The van der Waals surface area contributed by atoms with Crippen molar-refractivity contribution in [3.8, 4) is 23.0 Å². The van der Waals surface area contributed by atoms with Crippen LogP contribution in [0.4, 0.5) is 0 Å². The lowest BCUT2D eigenvalue weighted by Gasteiger charge is -2.43. The topological polar surface area (TPSA) is 80.8 Å². The van der Waals surface area contributed by atoms with Gasteiger partial charge in [-0.05, 0) is 41.9 Å². The summed E-state index contributed by atoms with van der Waals surface area (Å²) in [6.07, 6.45) is 0. The second-order valence-corrected chi connectivity index (χ2v) is 9.01. The first-order chi connectivity index (χ1) is 17.4. The Hall–Kier alpha value is -3.46. The lowest BCUT2D eigenvalue weighted by Crippen LogP contribution is -2.52. The number of fused-ring (bicyclic) bond motifs is 1. The Labute approximate surface area is 212 Å². The fourth-order valence-electron chi connectivity index (χ4n) is 5.25. The lowest BCUT2D eigenvalue weighted by molar-refractivity contribution is -0.136.